The van der Waals surface area contributed by atoms with Crippen LogP contribution in [0, 0.1) is 6.92 Å². The summed E-state index contributed by atoms with van der Waals surface area (Å²) >= 11 is 6.62. The molecule has 0 bridgehead atoms. The van der Waals surface area contributed by atoms with Crippen molar-refractivity contribution in [2.45, 2.75) is 70.8 Å². The van der Waals surface area contributed by atoms with Gasteiger partial charge in [-0.15, -0.1) is 0 Å². The van der Waals surface area contributed by atoms with Crippen LogP contribution in [0.4, 0.5) is 5.69 Å². The molecule has 4 heteroatoms. The molecule has 0 amide bonds. The number of likely N-dealkylation sites (tertiary alicyclic amines) is 1. The van der Waals surface area contributed by atoms with Crippen molar-refractivity contribution in [3.05, 3.63) is 52.5 Å². The highest BCUT2D eigenvalue weighted by molar-refractivity contribution is 6.31. The zero-order valence-electron chi connectivity index (χ0n) is 20.7. The molecule has 2 fully saturated rings. The minimum Gasteiger partial charge on any atom is -0.368 e. The fraction of sp³-hybridized carbons (Fsp3) is 0.533. The molecule has 2 aromatic carbocycles. The van der Waals surface area contributed by atoms with E-state index in [1.807, 2.05) is 0 Å². The van der Waals surface area contributed by atoms with Gasteiger partial charge in [0.25, 0.3) is 0 Å². The number of aromatic nitrogens is 1. The van der Waals surface area contributed by atoms with Crippen molar-refractivity contribution in [3.63, 3.8) is 0 Å². The molecule has 0 spiro atoms. The van der Waals surface area contributed by atoms with Crippen LogP contribution < -0.4 is 4.90 Å². The summed E-state index contributed by atoms with van der Waals surface area (Å²) in [6, 6.07) is 13.8. The summed E-state index contributed by atoms with van der Waals surface area (Å²) in [6.07, 6.45) is 10.8. The van der Waals surface area contributed by atoms with Gasteiger partial charge in [-0.05, 0) is 87.0 Å². The molecule has 0 radical (unpaired) electrons. The molecule has 1 saturated carbocycles. The zero-order chi connectivity index (χ0) is 23.1. The van der Waals surface area contributed by atoms with E-state index in [1.54, 1.807) is 5.56 Å². The molecule has 3 heterocycles. The molecular formula is C30H38ClN3. The number of benzene rings is 2. The molecule has 3 nitrogen and oxygen atoms in total. The second-order valence-electron chi connectivity index (χ2n) is 10.8. The Morgan fingerprint density at radius 3 is 2.44 bits per heavy atom. The molecule has 1 aromatic heterocycles. The summed E-state index contributed by atoms with van der Waals surface area (Å²) in [7, 11) is 0. The minimum absolute atomic E-state index is 0.665. The monoisotopic (exact) mass is 475 g/mol. The highest BCUT2D eigenvalue weighted by Gasteiger charge is 2.30. The average molecular weight is 476 g/mol. The SMILES string of the molecule is Cc1ccc2c(C3CCCCC3)c3n(c2c1)CCN(CCN1CCCCC1)c1cc(Cl)ccc1-3. The predicted molar refractivity (Wildman–Crippen MR) is 145 cm³/mol. The maximum absolute atomic E-state index is 6.62. The van der Waals surface area contributed by atoms with E-state index in [0.29, 0.717) is 5.92 Å². The summed E-state index contributed by atoms with van der Waals surface area (Å²) in [4.78, 5) is 5.28. The Balaban J connectivity index is 1.46. The highest BCUT2D eigenvalue weighted by atomic mass is 35.5. The van der Waals surface area contributed by atoms with Crippen LogP contribution in [-0.4, -0.2) is 42.2 Å². The number of anilines is 1. The first-order valence-electron chi connectivity index (χ1n) is 13.6. The van der Waals surface area contributed by atoms with E-state index in [0.717, 1.165) is 31.2 Å². The molecule has 2 aliphatic heterocycles. The number of hydrogen-bond acceptors (Lipinski definition) is 2. The maximum Gasteiger partial charge on any atom is 0.0548 e. The second-order valence-corrected chi connectivity index (χ2v) is 11.3. The van der Waals surface area contributed by atoms with E-state index in [-0.39, 0.29) is 0 Å². The number of aryl methyl sites for hydroxylation is 1. The van der Waals surface area contributed by atoms with Gasteiger partial charge in [-0.1, -0.05) is 49.4 Å². The van der Waals surface area contributed by atoms with E-state index in [1.165, 1.54) is 97.9 Å². The van der Waals surface area contributed by atoms with Gasteiger partial charge in [-0.2, -0.15) is 0 Å². The smallest absolute Gasteiger partial charge is 0.0548 e. The van der Waals surface area contributed by atoms with Crippen molar-refractivity contribution < 1.29 is 0 Å². The van der Waals surface area contributed by atoms with Crippen LogP contribution in [0.3, 0.4) is 0 Å². The Bertz CT molecular complexity index is 1170. The molecule has 180 valence electrons. The lowest BCUT2D eigenvalue weighted by atomic mass is 9.81. The molecular weight excluding hydrogens is 438 g/mol. The van der Waals surface area contributed by atoms with Crippen LogP contribution in [0.2, 0.25) is 5.02 Å². The lowest BCUT2D eigenvalue weighted by Gasteiger charge is -2.31. The summed E-state index contributed by atoms with van der Waals surface area (Å²) in [5.41, 5.74) is 8.57. The van der Waals surface area contributed by atoms with E-state index in [2.05, 4.69) is 57.7 Å². The quantitative estimate of drug-likeness (QED) is 0.384. The molecule has 3 aliphatic rings. The molecule has 6 rings (SSSR count). The number of hydrogen-bond donors (Lipinski definition) is 0. The van der Waals surface area contributed by atoms with Crippen molar-refractivity contribution in [2.75, 3.05) is 37.6 Å². The Kier molecular flexibility index (Phi) is 6.34. The second kappa shape index (κ2) is 9.59. The molecule has 1 aliphatic carbocycles. The average Bonchev–Trinajstić information content (AvgIpc) is 3.09. The van der Waals surface area contributed by atoms with Crippen LogP contribution in [0.5, 0.6) is 0 Å². The van der Waals surface area contributed by atoms with Crippen molar-refractivity contribution >= 4 is 28.2 Å². The standard InChI is InChI=1S/C30H38ClN3/c1-22-10-12-25-28(20-22)34-19-18-33(17-16-32-14-6-3-7-15-32)27-21-24(31)11-13-26(27)30(34)29(25)23-8-4-2-5-9-23/h10-13,20-21,23H,2-9,14-19H2,1H3. The first-order chi connectivity index (χ1) is 16.7. The summed E-state index contributed by atoms with van der Waals surface area (Å²) in [5, 5.41) is 2.33. The third kappa shape index (κ3) is 4.16. The summed E-state index contributed by atoms with van der Waals surface area (Å²) in [6.45, 7) is 9.04. The van der Waals surface area contributed by atoms with Crippen LogP contribution >= 0.6 is 11.6 Å². The zero-order valence-corrected chi connectivity index (χ0v) is 21.4. The van der Waals surface area contributed by atoms with Gasteiger partial charge in [0, 0.05) is 53.4 Å². The van der Waals surface area contributed by atoms with Crippen LogP contribution in [0.1, 0.15) is 68.4 Å². The Hall–Kier alpha value is -1.97. The van der Waals surface area contributed by atoms with E-state index < -0.39 is 0 Å². The lowest BCUT2D eigenvalue weighted by molar-refractivity contribution is 0.233. The van der Waals surface area contributed by atoms with E-state index >= 15 is 0 Å². The van der Waals surface area contributed by atoms with Gasteiger partial charge in [0.2, 0.25) is 0 Å². The van der Waals surface area contributed by atoms with Crippen LogP contribution in [-0.2, 0) is 6.54 Å². The molecule has 0 unspecified atom stereocenters. The number of nitrogens with zero attached hydrogens (tertiary/aromatic N) is 3. The van der Waals surface area contributed by atoms with Gasteiger partial charge in [0.05, 0.1) is 5.69 Å². The van der Waals surface area contributed by atoms with Crippen molar-refractivity contribution in [1.29, 1.82) is 0 Å². The molecule has 3 aromatic rings. The topological polar surface area (TPSA) is 11.4 Å². The maximum atomic E-state index is 6.62. The largest absolute Gasteiger partial charge is 0.368 e. The van der Waals surface area contributed by atoms with E-state index in [4.69, 9.17) is 11.6 Å². The normalized spacial score (nSPS) is 19.8. The van der Waals surface area contributed by atoms with Gasteiger partial charge in [0.1, 0.15) is 0 Å². The van der Waals surface area contributed by atoms with E-state index in [9.17, 15) is 0 Å². The third-order valence-corrected chi connectivity index (χ3v) is 8.79. The minimum atomic E-state index is 0.665. The molecule has 1 saturated heterocycles. The number of piperidine rings is 1. The Morgan fingerprint density at radius 2 is 1.62 bits per heavy atom. The number of rotatable bonds is 4. The fourth-order valence-electron chi connectivity index (χ4n) is 6.80. The first kappa shape index (κ1) is 22.5. The number of fused-ring (bicyclic) bond motifs is 5. The molecule has 0 atom stereocenters. The highest BCUT2D eigenvalue weighted by Crippen LogP contribution is 2.47. The van der Waals surface area contributed by atoms with Crippen molar-refractivity contribution in [2.24, 2.45) is 0 Å². The Labute approximate surface area is 209 Å². The van der Waals surface area contributed by atoms with Gasteiger partial charge in [-0.25, -0.2) is 0 Å². The predicted octanol–water partition coefficient (Wildman–Crippen LogP) is 7.62. The first-order valence-corrected chi connectivity index (χ1v) is 14.0. The molecule has 0 N–H and O–H groups in total. The number of halogens is 1. The fourth-order valence-corrected chi connectivity index (χ4v) is 6.96. The van der Waals surface area contributed by atoms with Crippen molar-refractivity contribution in [3.8, 4) is 11.3 Å². The third-order valence-electron chi connectivity index (χ3n) is 8.56. The van der Waals surface area contributed by atoms with Crippen LogP contribution in [0.25, 0.3) is 22.2 Å². The lowest BCUT2D eigenvalue weighted by Crippen LogP contribution is -2.38. The summed E-state index contributed by atoms with van der Waals surface area (Å²) < 4.78 is 2.65. The Morgan fingerprint density at radius 1 is 0.824 bits per heavy atom. The van der Waals surface area contributed by atoms with Gasteiger partial charge >= 0.3 is 0 Å². The van der Waals surface area contributed by atoms with Gasteiger partial charge in [0.15, 0.2) is 0 Å². The molecule has 34 heavy (non-hydrogen) atoms. The summed E-state index contributed by atoms with van der Waals surface area (Å²) in [5.74, 6) is 0.665. The van der Waals surface area contributed by atoms with Crippen molar-refractivity contribution in [1.82, 2.24) is 9.47 Å². The van der Waals surface area contributed by atoms with Gasteiger partial charge in [-0.3, -0.25) is 0 Å². The van der Waals surface area contributed by atoms with Crippen LogP contribution in [0.15, 0.2) is 36.4 Å². The van der Waals surface area contributed by atoms with Gasteiger partial charge < -0.3 is 14.4 Å².